The second-order valence-electron chi connectivity index (χ2n) is 4.39. The van der Waals surface area contributed by atoms with Crippen molar-refractivity contribution in [2.24, 2.45) is 0 Å². The standard InChI is InChI=1S/C12H19N3O3/c1-7(16)5-4-6-13-11(17)10-8(2)9(3)14-15-12(10)18/h7,16H,4-6H2,1-3H3,(H,13,17)(H,15,18). The van der Waals surface area contributed by atoms with Gasteiger partial charge in [-0.2, -0.15) is 5.10 Å². The maximum Gasteiger partial charge on any atom is 0.277 e. The number of hydrogen-bond donors (Lipinski definition) is 3. The van der Waals surface area contributed by atoms with Crippen LogP contribution in [-0.2, 0) is 0 Å². The lowest BCUT2D eigenvalue weighted by atomic mass is 10.1. The molecule has 0 radical (unpaired) electrons. The van der Waals surface area contributed by atoms with Gasteiger partial charge in [0.2, 0.25) is 0 Å². The molecule has 0 spiro atoms. The maximum atomic E-state index is 11.9. The molecule has 18 heavy (non-hydrogen) atoms. The number of aryl methyl sites for hydroxylation is 1. The van der Waals surface area contributed by atoms with Crippen LogP contribution in [0.15, 0.2) is 4.79 Å². The summed E-state index contributed by atoms with van der Waals surface area (Å²) >= 11 is 0. The average Bonchev–Trinajstić information content (AvgIpc) is 2.30. The van der Waals surface area contributed by atoms with E-state index in [1.54, 1.807) is 20.8 Å². The van der Waals surface area contributed by atoms with Gasteiger partial charge in [0.15, 0.2) is 0 Å². The number of rotatable bonds is 5. The van der Waals surface area contributed by atoms with Crippen LogP contribution in [0.2, 0.25) is 0 Å². The second kappa shape index (κ2) is 6.30. The summed E-state index contributed by atoms with van der Waals surface area (Å²) in [4.78, 5) is 23.4. The predicted molar refractivity (Wildman–Crippen MR) is 67.6 cm³/mol. The van der Waals surface area contributed by atoms with Crippen LogP contribution in [0.25, 0.3) is 0 Å². The molecule has 100 valence electrons. The highest BCUT2D eigenvalue weighted by Gasteiger charge is 2.15. The lowest BCUT2D eigenvalue weighted by Gasteiger charge is -2.08. The number of carbonyl (C=O) groups is 1. The normalized spacial score (nSPS) is 12.2. The van der Waals surface area contributed by atoms with E-state index >= 15 is 0 Å². The van der Waals surface area contributed by atoms with E-state index < -0.39 is 11.5 Å². The largest absolute Gasteiger partial charge is 0.393 e. The molecule has 3 N–H and O–H groups in total. The Balaban J connectivity index is 2.68. The lowest BCUT2D eigenvalue weighted by Crippen LogP contribution is -2.32. The number of aliphatic hydroxyl groups is 1. The van der Waals surface area contributed by atoms with E-state index in [2.05, 4.69) is 15.5 Å². The summed E-state index contributed by atoms with van der Waals surface area (Å²) in [5, 5.41) is 17.8. The molecule has 6 heteroatoms. The quantitative estimate of drug-likeness (QED) is 0.657. The first-order valence-corrected chi connectivity index (χ1v) is 5.95. The minimum atomic E-state index is -0.480. The molecule has 0 fully saturated rings. The van der Waals surface area contributed by atoms with Gasteiger partial charge in [0, 0.05) is 6.54 Å². The molecule has 0 aromatic carbocycles. The predicted octanol–water partition coefficient (Wildman–Crippen LogP) is 0.278. The third-order valence-corrected chi connectivity index (χ3v) is 2.78. The molecule has 1 unspecified atom stereocenters. The summed E-state index contributed by atoms with van der Waals surface area (Å²) in [7, 11) is 0. The van der Waals surface area contributed by atoms with Crippen LogP contribution < -0.4 is 10.9 Å². The molecule has 0 aliphatic heterocycles. The Morgan fingerprint density at radius 1 is 1.50 bits per heavy atom. The molecular weight excluding hydrogens is 234 g/mol. The Morgan fingerprint density at radius 3 is 2.78 bits per heavy atom. The Kier molecular flexibility index (Phi) is 5.03. The fourth-order valence-electron chi connectivity index (χ4n) is 1.59. The van der Waals surface area contributed by atoms with Gasteiger partial charge in [-0.05, 0) is 39.2 Å². The number of aromatic nitrogens is 2. The number of aliphatic hydroxyl groups excluding tert-OH is 1. The van der Waals surface area contributed by atoms with E-state index in [1.807, 2.05) is 0 Å². The number of nitrogens with zero attached hydrogens (tertiary/aromatic N) is 1. The third-order valence-electron chi connectivity index (χ3n) is 2.78. The average molecular weight is 253 g/mol. The van der Waals surface area contributed by atoms with E-state index in [9.17, 15) is 9.59 Å². The van der Waals surface area contributed by atoms with Gasteiger partial charge in [-0.15, -0.1) is 0 Å². The van der Waals surface area contributed by atoms with Crippen molar-refractivity contribution in [1.29, 1.82) is 0 Å². The van der Waals surface area contributed by atoms with Crippen LogP contribution in [0.3, 0.4) is 0 Å². The lowest BCUT2D eigenvalue weighted by molar-refractivity contribution is 0.0947. The number of carbonyl (C=O) groups excluding carboxylic acids is 1. The van der Waals surface area contributed by atoms with Gasteiger partial charge in [-0.3, -0.25) is 9.59 Å². The van der Waals surface area contributed by atoms with Gasteiger partial charge in [-0.25, -0.2) is 5.10 Å². The highest BCUT2D eigenvalue weighted by Crippen LogP contribution is 2.04. The summed E-state index contributed by atoms with van der Waals surface area (Å²) in [6, 6.07) is 0. The van der Waals surface area contributed by atoms with E-state index in [1.165, 1.54) is 0 Å². The van der Waals surface area contributed by atoms with E-state index in [0.717, 1.165) is 0 Å². The third kappa shape index (κ3) is 3.66. The molecule has 1 rings (SSSR count). The van der Waals surface area contributed by atoms with Crippen LogP contribution in [0.4, 0.5) is 0 Å². The minimum Gasteiger partial charge on any atom is -0.393 e. The molecule has 1 amide bonds. The van der Waals surface area contributed by atoms with Crippen LogP contribution in [-0.4, -0.2) is 33.9 Å². The van der Waals surface area contributed by atoms with Crippen LogP contribution in [0, 0.1) is 13.8 Å². The summed E-state index contributed by atoms with van der Waals surface area (Å²) in [6.45, 7) is 5.56. The van der Waals surface area contributed by atoms with Gasteiger partial charge in [-0.1, -0.05) is 0 Å². The molecule has 1 aromatic rings. The van der Waals surface area contributed by atoms with Crippen molar-refractivity contribution in [2.75, 3.05) is 6.54 Å². The van der Waals surface area contributed by atoms with Gasteiger partial charge >= 0.3 is 0 Å². The molecule has 1 heterocycles. The van der Waals surface area contributed by atoms with Gasteiger partial charge < -0.3 is 10.4 Å². The number of aromatic amines is 1. The SMILES string of the molecule is Cc1n[nH]c(=O)c(C(=O)NCCCC(C)O)c1C. The molecule has 6 nitrogen and oxygen atoms in total. The zero-order valence-electron chi connectivity index (χ0n) is 10.9. The number of H-pyrrole nitrogens is 1. The van der Waals surface area contributed by atoms with Gasteiger partial charge in [0.1, 0.15) is 5.56 Å². The molecule has 0 aliphatic rings. The Hall–Kier alpha value is -1.69. The van der Waals surface area contributed by atoms with Gasteiger partial charge in [0.05, 0.1) is 11.8 Å². The summed E-state index contributed by atoms with van der Waals surface area (Å²) < 4.78 is 0. The first-order chi connectivity index (χ1) is 8.43. The van der Waals surface area contributed by atoms with E-state index in [0.29, 0.717) is 30.6 Å². The summed E-state index contributed by atoms with van der Waals surface area (Å²) in [5.74, 6) is -0.398. The first kappa shape index (κ1) is 14.4. The Bertz CT molecular complexity index is 480. The molecule has 0 aliphatic carbocycles. The molecule has 0 saturated carbocycles. The summed E-state index contributed by atoms with van der Waals surface area (Å²) in [6.07, 6.45) is 0.908. The summed E-state index contributed by atoms with van der Waals surface area (Å²) in [5.41, 5.74) is 0.848. The van der Waals surface area contributed by atoms with Crippen molar-refractivity contribution < 1.29 is 9.90 Å². The van der Waals surface area contributed by atoms with Crippen molar-refractivity contribution in [2.45, 2.75) is 39.7 Å². The molecule has 1 atom stereocenters. The maximum absolute atomic E-state index is 11.9. The molecule has 1 aromatic heterocycles. The van der Waals surface area contributed by atoms with E-state index in [4.69, 9.17) is 5.11 Å². The topological polar surface area (TPSA) is 95.1 Å². The number of amides is 1. The van der Waals surface area contributed by atoms with Crippen molar-refractivity contribution >= 4 is 5.91 Å². The monoisotopic (exact) mass is 253 g/mol. The Labute approximate surface area is 105 Å². The highest BCUT2D eigenvalue weighted by atomic mass is 16.3. The number of hydrogen-bond acceptors (Lipinski definition) is 4. The van der Waals surface area contributed by atoms with Crippen molar-refractivity contribution in [1.82, 2.24) is 15.5 Å². The van der Waals surface area contributed by atoms with Crippen LogP contribution in [0.1, 0.15) is 41.4 Å². The molecule has 0 saturated heterocycles. The fourth-order valence-corrected chi connectivity index (χ4v) is 1.59. The van der Waals surface area contributed by atoms with Crippen molar-refractivity contribution in [3.8, 4) is 0 Å². The fraction of sp³-hybridized carbons (Fsp3) is 0.583. The highest BCUT2D eigenvalue weighted by molar-refractivity contribution is 5.95. The first-order valence-electron chi connectivity index (χ1n) is 5.95. The van der Waals surface area contributed by atoms with Gasteiger partial charge in [0.25, 0.3) is 11.5 Å². The van der Waals surface area contributed by atoms with E-state index in [-0.39, 0.29) is 11.7 Å². The van der Waals surface area contributed by atoms with Crippen LogP contribution in [0.5, 0.6) is 0 Å². The second-order valence-corrected chi connectivity index (χ2v) is 4.39. The van der Waals surface area contributed by atoms with Crippen molar-refractivity contribution in [3.63, 3.8) is 0 Å². The minimum absolute atomic E-state index is 0.111. The zero-order valence-corrected chi connectivity index (χ0v) is 10.9. The molecular formula is C12H19N3O3. The van der Waals surface area contributed by atoms with Crippen LogP contribution >= 0.6 is 0 Å². The number of nitrogens with one attached hydrogen (secondary N) is 2. The zero-order chi connectivity index (χ0) is 13.7. The molecule has 0 bridgehead atoms. The van der Waals surface area contributed by atoms with Crippen molar-refractivity contribution in [3.05, 3.63) is 27.2 Å². The smallest absolute Gasteiger partial charge is 0.277 e. The Morgan fingerprint density at radius 2 is 2.17 bits per heavy atom.